The summed E-state index contributed by atoms with van der Waals surface area (Å²) in [6.07, 6.45) is 7.64. The number of aromatic amines is 1. The zero-order chi connectivity index (χ0) is 17.7. The first-order valence-corrected chi connectivity index (χ1v) is 8.58. The fourth-order valence-corrected chi connectivity index (χ4v) is 3.62. The summed E-state index contributed by atoms with van der Waals surface area (Å²) in [6, 6.07) is 5.50. The van der Waals surface area contributed by atoms with Crippen molar-refractivity contribution in [3.8, 4) is 0 Å². The summed E-state index contributed by atoms with van der Waals surface area (Å²) < 4.78 is 1.78. The number of fused-ring (bicyclic) bond motifs is 2. The Bertz CT molecular complexity index is 1080. The smallest absolute Gasteiger partial charge is 0.226 e. The summed E-state index contributed by atoms with van der Waals surface area (Å²) in [5, 5.41) is 5.38. The topological polar surface area (TPSA) is 101 Å². The number of halogens is 1. The number of nitrogens with two attached hydrogens (primary N) is 1. The van der Waals surface area contributed by atoms with E-state index in [2.05, 4.69) is 24.8 Å². The SMILES string of the molecule is Nc1cnc(N2CCc3[nH]cnc3[C@H]2c2cc3c(Cl)cccn3n2)nc1. The van der Waals surface area contributed by atoms with Gasteiger partial charge in [-0.3, -0.25) is 0 Å². The maximum absolute atomic E-state index is 6.32. The van der Waals surface area contributed by atoms with Gasteiger partial charge in [0, 0.05) is 24.9 Å². The normalized spacial score (nSPS) is 16.8. The van der Waals surface area contributed by atoms with Gasteiger partial charge in [-0.1, -0.05) is 11.6 Å². The van der Waals surface area contributed by atoms with Crippen molar-refractivity contribution < 1.29 is 0 Å². The van der Waals surface area contributed by atoms with Crippen LogP contribution < -0.4 is 10.6 Å². The molecule has 5 rings (SSSR count). The van der Waals surface area contributed by atoms with Crippen molar-refractivity contribution in [3.63, 3.8) is 0 Å². The van der Waals surface area contributed by atoms with Gasteiger partial charge in [0.25, 0.3) is 0 Å². The van der Waals surface area contributed by atoms with Crippen molar-refractivity contribution in [2.24, 2.45) is 0 Å². The predicted molar refractivity (Wildman–Crippen MR) is 98.1 cm³/mol. The molecule has 9 heteroatoms. The number of H-pyrrole nitrogens is 1. The van der Waals surface area contributed by atoms with Crippen LogP contribution in [-0.2, 0) is 6.42 Å². The van der Waals surface area contributed by atoms with E-state index in [1.807, 2.05) is 24.4 Å². The van der Waals surface area contributed by atoms with E-state index in [-0.39, 0.29) is 6.04 Å². The molecule has 5 heterocycles. The molecule has 0 fully saturated rings. The second kappa shape index (κ2) is 5.70. The van der Waals surface area contributed by atoms with Crippen LogP contribution in [0.1, 0.15) is 23.1 Å². The fourth-order valence-electron chi connectivity index (χ4n) is 3.40. The van der Waals surface area contributed by atoms with E-state index in [0.717, 1.165) is 35.6 Å². The van der Waals surface area contributed by atoms with E-state index >= 15 is 0 Å². The van der Waals surface area contributed by atoms with E-state index < -0.39 is 0 Å². The first kappa shape index (κ1) is 15.2. The summed E-state index contributed by atoms with van der Waals surface area (Å²) in [5.74, 6) is 0.598. The van der Waals surface area contributed by atoms with Gasteiger partial charge >= 0.3 is 0 Å². The number of anilines is 2. The highest BCUT2D eigenvalue weighted by Gasteiger charge is 2.34. The van der Waals surface area contributed by atoms with E-state index in [9.17, 15) is 0 Å². The summed E-state index contributed by atoms with van der Waals surface area (Å²) in [7, 11) is 0. The van der Waals surface area contributed by atoms with Crippen molar-refractivity contribution in [2.75, 3.05) is 17.2 Å². The van der Waals surface area contributed by atoms with Crippen molar-refractivity contribution in [2.45, 2.75) is 12.5 Å². The summed E-state index contributed by atoms with van der Waals surface area (Å²) >= 11 is 6.32. The molecule has 130 valence electrons. The molecule has 0 aromatic carbocycles. The molecule has 1 aliphatic heterocycles. The third kappa shape index (κ3) is 2.30. The zero-order valence-electron chi connectivity index (χ0n) is 13.7. The Morgan fingerprint density at radius 1 is 1.23 bits per heavy atom. The average molecular weight is 367 g/mol. The van der Waals surface area contributed by atoms with Crippen LogP contribution in [0.2, 0.25) is 5.02 Å². The van der Waals surface area contributed by atoms with Gasteiger partial charge in [0.05, 0.1) is 46.3 Å². The average Bonchev–Trinajstić information content (AvgIpc) is 3.29. The number of hydrogen-bond donors (Lipinski definition) is 2. The molecule has 3 N–H and O–H groups in total. The van der Waals surface area contributed by atoms with Crippen molar-refractivity contribution >= 4 is 28.8 Å². The van der Waals surface area contributed by atoms with Gasteiger partial charge in [0.1, 0.15) is 6.04 Å². The maximum Gasteiger partial charge on any atom is 0.226 e. The van der Waals surface area contributed by atoms with Gasteiger partial charge in [-0.15, -0.1) is 0 Å². The Morgan fingerprint density at radius 2 is 2.08 bits per heavy atom. The third-order valence-corrected chi connectivity index (χ3v) is 4.91. The molecular weight excluding hydrogens is 352 g/mol. The summed E-state index contributed by atoms with van der Waals surface area (Å²) in [6.45, 7) is 0.741. The van der Waals surface area contributed by atoms with Gasteiger partial charge in [-0.05, 0) is 18.2 Å². The van der Waals surface area contributed by atoms with Crippen LogP contribution in [-0.4, -0.2) is 36.1 Å². The fraction of sp³-hybridized carbons (Fsp3) is 0.176. The van der Waals surface area contributed by atoms with E-state index in [1.54, 1.807) is 23.2 Å². The summed E-state index contributed by atoms with van der Waals surface area (Å²) in [4.78, 5) is 18.7. The molecule has 4 aromatic heterocycles. The largest absolute Gasteiger partial charge is 0.396 e. The number of rotatable bonds is 2. The van der Waals surface area contributed by atoms with Gasteiger partial charge in [0.2, 0.25) is 5.95 Å². The van der Waals surface area contributed by atoms with E-state index in [0.29, 0.717) is 16.7 Å². The monoisotopic (exact) mass is 366 g/mol. The first-order chi connectivity index (χ1) is 12.7. The molecule has 0 spiro atoms. The molecule has 0 radical (unpaired) electrons. The molecule has 8 nitrogen and oxygen atoms in total. The molecule has 0 aliphatic carbocycles. The standard InChI is InChI=1S/C17H15ClN8/c18-11-2-1-4-26-14(11)6-13(24-26)16-15-12(22-9-23-15)3-5-25(16)17-20-7-10(19)8-21-17/h1-2,4,6-9,16H,3,5,19H2,(H,22,23)/t16-/m1/s1. The van der Waals surface area contributed by atoms with Crippen LogP contribution >= 0.6 is 11.6 Å². The number of hydrogen-bond acceptors (Lipinski definition) is 6. The van der Waals surface area contributed by atoms with Crippen LogP contribution in [0, 0.1) is 0 Å². The number of nitrogen functional groups attached to an aromatic ring is 1. The molecule has 1 atom stereocenters. The minimum atomic E-state index is -0.204. The zero-order valence-corrected chi connectivity index (χ0v) is 14.4. The first-order valence-electron chi connectivity index (χ1n) is 8.21. The quantitative estimate of drug-likeness (QED) is 0.564. The maximum atomic E-state index is 6.32. The third-order valence-electron chi connectivity index (χ3n) is 4.59. The van der Waals surface area contributed by atoms with Crippen molar-refractivity contribution in [3.05, 3.63) is 65.2 Å². The van der Waals surface area contributed by atoms with Crippen molar-refractivity contribution in [1.82, 2.24) is 29.5 Å². The molecule has 0 amide bonds. The highest BCUT2D eigenvalue weighted by Crippen LogP contribution is 2.35. The molecule has 1 aliphatic rings. The second-order valence-electron chi connectivity index (χ2n) is 6.18. The predicted octanol–water partition coefficient (Wildman–Crippen LogP) is 2.24. The molecule has 0 saturated carbocycles. The minimum Gasteiger partial charge on any atom is -0.396 e. The van der Waals surface area contributed by atoms with E-state index in [4.69, 9.17) is 22.4 Å². The minimum absolute atomic E-state index is 0.204. The van der Waals surface area contributed by atoms with Crippen LogP contribution in [0.4, 0.5) is 11.6 Å². The van der Waals surface area contributed by atoms with Gasteiger partial charge in [0.15, 0.2) is 0 Å². The second-order valence-corrected chi connectivity index (χ2v) is 6.59. The highest BCUT2D eigenvalue weighted by molar-refractivity contribution is 6.33. The molecule has 26 heavy (non-hydrogen) atoms. The Morgan fingerprint density at radius 3 is 2.88 bits per heavy atom. The van der Waals surface area contributed by atoms with Gasteiger partial charge in [-0.25, -0.2) is 19.5 Å². The lowest BCUT2D eigenvalue weighted by Gasteiger charge is -2.33. The number of nitrogens with zero attached hydrogens (tertiary/aromatic N) is 6. The molecule has 0 unspecified atom stereocenters. The molecule has 0 bridgehead atoms. The Hall–Kier alpha value is -3.13. The Kier molecular flexibility index (Phi) is 3.32. The number of aromatic nitrogens is 6. The Labute approximate surface area is 153 Å². The van der Waals surface area contributed by atoms with Crippen molar-refractivity contribution in [1.29, 1.82) is 0 Å². The van der Waals surface area contributed by atoms with Crippen LogP contribution in [0.3, 0.4) is 0 Å². The van der Waals surface area contributed by atoms with Crippen LogP contribution in [0.25, 0.3) is 5.52 Å². The Balaban J connectivity index is 1.68. The van der Waals surface area contributed by atoms with Crippen LogP contribution in [0.15, 0.2) is 43.1 Å². The van der Waals surface area contributed by atoms with Gasteiger partial charge in [-0.2, -0.15) is 5.10 Å². The molecular formula is C17H15ClN8. The summed E-state index contributed by atoms with van der Waals surface area (Å²) in [5.41, 5.74) is 9.99. The number of pyridine rings is 1. The highest BCUT2D eigenvalue weighted by atomic mass is 35.5. The van der Waals surface area contributed by atoms with E-state index in [1.165, 1.54) is 0 Å². The van der Waals surface area contributed by atoms with Crippen LogP contribution in [0.5, 0.6) is 0 Å². The number of imidazole rings is 1. The lowest BCUT2D eigenvalue weighted by molar-refractivity contribution is 0.602. The molecule has 0 saturated heterocycles. The lowest BCUT2D eigenvalue weighted by atomic mass is 10.0. The molecule has 4 aromatic rings. The number of nitrogens with one attached hydrogen (secondary N) is 1. The lowest BCUT2D eigenvalue weighted by Crippen LogP contribution is -2.37. The van der Waals surface area contributed by atoms with Gasteiger partial charge < -0.3 is 15.6 Å².